The van der Waals surface area contributed by atoms with Crippen molar-refractivity contribution in [2.75, 3.05) is 13.2 Å². The predicted molar refractivity (Wildman–Crippen MR) is 86.2 cm³/mol. The van der Waals surface area contributed by atoms with E-state index in [-0.39, 0.29) is 0 Å². The SMILES string of the molecule is CCCCc1cccc(C(=O)OCCC)c1C(=O)OCCC. The van der Waals surface area contributed by atoms with Gasteiger partial charge in [-0.05, 0) is 37.3 Å². The fraction of sp³-hybridized carbons (Fsp3) is 0.556. The van der Waals surface area contributed by atoms with Crippen molar-refractivity contribution in [1.29, 1.82) is 0 Å². The minimum Gasteiger partial charge on any atom is -0.462 e. The molecule has 0 atom stereocenters. The van der Waals surface area contributed by atoms with Crippen molar-refractivity contribution in [3.8, 4) is 0 Å². The highest BCUT2D eigenvalue weighted by molar-refractivity contribution is 6.04. The number of esters is 2. The normalized spacial score (nSPS) is 10.3. The van der Waals surface area contributed by atoms with Crippen molar-refractivity contribution < 1.29 is 19.1 Å². The van der Waals surface area contributed by atoms with Crippen LogP contribution in [0.1, 0.15) is 72.7 Å². The molecule has 0 bridgehead atoms. The lowest BCUT2D eigenvalue weighted by Crippen LogP contribution is -2.17. The van der Waals surface area contributed by atoms with Crippen LogP contribution >= 0.6 is 0 Å². The minimum atomic E-state index is -0.455. The molecule has 0 aromatic heterocycles. The molecule has 1 aromatic carbocycles. The lowest BCUT2D eigenvalue weighted by molar-refractivity contribution is 0.0457. The Hall–Kier alpha value is -1.84. The number of hydrogen-bond acceptors (Lipinski definition) is 4. The molecule has 4 heteroatoms. The van der Waals surface area contributed by atoms with E-state index in [1.165, 1.54) is 0 Å². The van der Waals surface area contributed by atoms with Crippen molar-refractivity contribution in [2.24, 2.45) is 0 Å². The van der Waals surface area contributed by atoms with Gasteiger partial charge in [0.2, 0.25) is 0 Å². The van der Waals surface area contributed by atoms with E-state index in [2.05, 4.69) is 6.92 Å². The number of ether oxygens (including phenoxy) is 2. The number of carbonyl (C=O) groups excluding carboxylic acids is 2. The summed E-state index contributed by atoms with van der Waals surface area (Å²) in [6, 6.07) is 5.31. The number of benzene rings is 1. The first-order valence-corrected chi connectivity index (χ1v) is 8.11. The predicted octanol–water partition coefficient (Wildman–Crippen LogP) is 4.16. The molecule has 0 aliphatic heterocycles. The summed E-state index contributed by atoms with van der Waals surface area (Å²) in [6.45, 7) is 6.66. The van der Waals surface area contributed by atoms with Gasteiger partial charge >= 0.3 is 11.9 Å². The number of carbonyl (C=O) groups is 2. The molecule has 0 spiro atoms. The smallest absolute Gasteiger partial charge is 0.339 e. The Morgan fingerprint density at radius 3 is 2.14 bits per heavy atom. The first-order chi connectivity index (χ1) is 10.7. The Morgan fingerprint density at radius 2 is 1.55 bits per heavy atom. The summed E-state index contributed by atoms with van der Waals surface area (Å²) in [6.07, 6.45) is 4.23. The molecule has 122 valence electrons. The summed E-state index contributed by atoms with van der Waals surface area (Å²) in [5, 5.41) is 0. The second-order valence-corrected chi connectivity index (χ2v) is 5.22. The van der Waals surface area contributed by atoms with Crippen LogP contribution in [0.4, 0.5) is 0 Å². The largest absolute Gasteiger partial charge is 0.462 e. The van der Waals surface area contributed by atoms with Crippen molar-refractivity contribution >= 4 is 11.9 Å². The first kappa shape index (κ1) is 18.2. The quantitative estimate of drug-likeness (QED) is 0.643. The van der Waals surface area contributed by atoms with Gasteiger partial charge in [0, 0.05) is 0 Å². The Balaban J connectivity index is 3.12. The Kier molecular flexibility index (Phi) is 8.26. The number of rotatable bonds is 9. The summed E-state index contributed by atoms with van der Waals surface area (Å²) in [7, 11) is 0. The van der Waals surface area contributed by atoms with E-state index in [1.54, 1.807) is 12.1 Å². The summed E-state index contributed by atoms with van der Waals surface area (Å²) in [5.74, 6) is -0.888. The highest BCUT2D eigenvalue weighted by Crippen LogP contribution is 2.20. The third kappa shape index (κ3) is 5.17. The zero-order valence-electron chi connectivity index (χ0n) is 13.8. The molecule has 0 saturated carbocycles. The monoisotopic (exact) mass is 306 g/mol. The zero-order chi connectivity index (χ0) is 16.4. The highest BCUT2D eigenvalue weighted by Gasteiger charge is 2.22. The van der Waals surface area contributed by atoms with Gasteiger partial charge < -0.3 is 9.47 Å². The number of aryl methyl sites for hydroxylation is 1. The van der Waals surface area contributed by atoms with E-state index in [0.717, 1.165) is 37.7 Å². The molecule has 1 aromatic rings. The van der Waals surface area contributed by atoms with Crippen LogP contribution < -0.4 is 0 Å². The summed E-state index contributed by atoms with van der Waals surface area (Å²) in [5.41, 5.74) is 1.53. The maximum atomic E-state index is 12.4. The summed E-state index contributed by atoms with van der Waals surface area (Å²) >= 11 is 0. The van der Waals surface area contributed by atoms with Crippen molar-refractivity contribution in [2.45, 2.75) is 52.9 Å². The Morgan fingerprint density at radius 1 is 0.909 bits per heavy atom. The molecule has 0 unspecified atom stereocenters. The molecular formula is C18H26O4. The minimum absolute atomic E-state index is 0.308. The van der Waals surface area contributed by atoms with Crippen LogP contribution in [-0.4, -0.2) is 25.2 Å². The lowest BCUT2D eigenvalue weighted by Gasteiger charge is -2.13. The van der Waals surface area contributed by atoms with E-state index in [9.17, 15) is 9.59 Å². The van der Waals surface area contributed by atoms with Gasteiger partial charge in [0.15, 0.2) is 0 Å². The average molecular weight is 306 g/mol. The van der Waals surface area contributed by atoms with E-state index in [4.69, 9.17) is 9.47 Å². The maximum absolute atomic E-state index is 12.4. The summed E-state index contributed by atoms with van der Waals surface area (Å²) < 4.78 is 10.4. The van der Waals surface area contributed by atoms with Crippen molar-refractivity contribution in [3.63, 3.8) is 0 Å². The van der Waals surface area contributed by atoms with E-state index in [1.807, 2.05) is 19.9 Å². The Labute approximate surface area is 132 Å². The molecule has 0 aliphatic rings. The van der Waals surface area contributed by atoms with E-state index in [0.29, 0.717) is 24.3 Å². The molecule has 0 fully saturated rings. The van der Waals surface area contributed by atoms with Gasteiger partial charge in [0.1, 0.15) is 0 Å². The molecule has 0 saturated heterocycles. The van der Waals surface area contributed by atoms with Crippen LogP contribution in [-0.2, 0) is 15.9 Å². The Bertz CT molecular complexity index is 494. The van der Waals surface area contributed by atoms with Gasteiger partial charge in [0.25, 0.3) is 0 Å². The molecule has 4 nitrogen and oxygen atoms in total. The average Bonchev–Trinajstić information content (AvgIpc) is 2.55. The lowest BCUT2D eigenvalue weighted by atomic mass is 9.97. The first-order valence-electron chi connectivity index (χ1n) is 8.11. The topological polar surface area (TPSA) is 52.6 Å². The van der Waals surface area contributed by atoms with Crippen molar-refractivity contribution in [1.82, 2.24) is 0 Å². The third-order valence-corrected chi connectivity index (χ3v) is 3.25. The molecule has 0 radical (unpaired) electrons. The van der Waals surface area contributed by atoms with Gasteiger partial charge in [-0.1, -0.05) is 39.3 Å². The van der Waals surface area contributed by atoms with Gasteiger partial charge in [-0.3, -0.25) is 0 Å². The van der Waals surface area contributed by atoms with Crippen LogP contribution in [0.15, 0.2) is 18.2 Å². The molecule has 0 aliphatic carbocycles. The standard InChI is InChI=1S/C18H26O4/c1-4-7-9-14-10-8-11-15(17(19)21-12-5-2)16(14)18(20)22-13-6-3/h8,10-11H,4-7,9,12-13H2,1-3H3. The molecular weight excluding hydrogens is 280 g/mol. The van der Waals surface area contributed by atoms with Gasteiger partial charge in [-0.25, -0.2) is 9.59 Å². The zero-order valence-corrected chi connectivity index (χ0v) is 13.8. The molecule has 0 N–H and O–H groups in total. The second kappa shape index (κ2) is 9.98. The fourth-order valence-corrected chi connectivity index (χ4v) is 2.13. The highest BCUT2D eigenvalue weighted by atomic mass is 16.5. The third-order valence-electron chi connectivity index (χ3n) is 3.25. The molecule has 22 heavy (non-hydrogen) atoms. The van der Waals surface area contributed by atoms with Gasteiger partial charge in [0.05, 0.1) is 24.3 Å². The fourth-order valence-electron chi connectivity index (χ4n) is 2.13. The molecule has 0 amide bonds. The van der Waals surface area contributed by atoms with E-state index >= 15 is 0 Å². The number of unbranched alkanes of at least 4 members (excludes halogenated alkanes) is 1. The van der Waals surface area contributed by atoms with Crippen LogP contribution in [0, 0.1) is 0 Å². The van der Waals surface area contributed by atoms with Gasteiger partial charge in [-0.15, -0.1) is 0 Å². The second-order valence-electron chi connectivity index (χ2n) is 5.22. The number of hydrogen-bond donors (Lipinski definition) is 0. The van der Waals surface area contributed by atoms with Crippen LogP contribution in [0.2, 0.25) is 0 Å². The summed E-state index contributed by atoms with van der Waals surface area (Å²) in [4.78, 5) is 24.6. The van der Waals surface area contributed by atoms with Gasteiger partial charge in [-0.2, -0.15) is 0 Å². The van der Waals surface area contributed by atoms with E-state index < -0.39 is 11.9 Å². The van der Waals surface area contributed by atoms with Crippen molar-refractivity contribution in [3.05, 3.63) is 34.9 Å². The van der Waals surface area contributed by atoms with Crippen LogP contribution in [0.5, 0.6) is 0 Å². The molecule has 0 heterocycles. The van der Waals surface area contributed by atoms with Crippen LogP contribution in [0.25, 0.3) is 0 Å². The van der Waals surface area contributed by atoms with Crippen LogP contribution in [0.3, 0.4) is 0 Å². The molecule has 1 rings (SSSR count). The maximum Gasteiger partial charge on any atom is 0.339 e.